The molecule has 0 bridgehead atoms. The van der Waals surface area contributed by atoms with Crippen molar-refractivity contribution in [3.63, 3.8) is 0 Å². The number of rotatable bonds is 6. The summed E-state index contributed by atoms with van der Waals surface area (Å²) in [7, 11) is 0. The molecule has 0 N–H and O–H groups in total. The summed E-state index contributed by atoms with van der Waals surface area (Å²) in [5.74, 6) is 0. The number of fused-ring (bicyclic) bond motifs is 24. The number of benzene rings is 14. The summed E-state index contributed by atoms with van der Waals surface area (Å²) in [6, 6.07) is 108. The Morgan fingerprint density at radius 2 is 0.710 bits per heavy atom. The highest BCUT2D eigenvalue weighted by Crippen LogP contribution is 2.50. The molecular formula is C86H48N4S3. The molecule has 7 aromatic heterocycles. The Balaban J connectivity index is 0.767. The van der Waals surface area contributed by atoms with Gasteiger partial charge in [0.05, 0.1) is 44.5 Å². The van der Waals surface area contributed by atoms with Crippen LogP contribution in [0.15, 0.2) is 291 Å². The van der Waals surface area contributed by atoms with Crippen LogP contribution in [-0.2, 0) is 0 Å². The van der Waals surface area contributed by atoms with E-state index in [0.717, 1.165) is 83.1 Å². The van der Waals surface area contributed by atoms with Gasteiger partial charge in [-0.15, -0.1) is 34.0 Å². The van der Waals surface area contributed by atoms with Crippen LogP contribution in [0.4, 0.5) is 0 Å². The standard InChI is InChI=1S/C86H48N4S3/c1-2-21-53(22-3-1)89-72-34-10-5-24-57(72)61-39-40-62-58-25-6-11-35-73(58)90(83(62)82(61)89)54-23-15-20-52(47-54)80-69-43-41-64-60-27-8-13-37-75(60)92-85(64)78(69)67-32-16-29-55(81(67)88-80)50-38-45-76-70(48-50)65-42-44-68-77(86(65)93-76)66-28-4-9-33-71(66)87-79(68)51-19-14-18-49(46-51)56-30-17-31-63-59-26-7-12-36-74(59)91-84(56)63/h1-48H. The molecule has 0 aliphatic heterocycles. The number of pyridine rings is 2. The van der Waals surface area contributed by atoms with E-state index in [-0.39, 0.29) is 0 Å². The summed E-state index contributed by atoms with van der Waals surface area (Å²) in [6.07, 6.45) is 0. The second kappa shape index (κ2) is 19.6. The third-order valence-corrected chi connectivity index (χ3v) is 23.3. The first-order valence-corrected chi connectivity index (χ1v) is 34.1. The zero-order chi connectivity index (χ0) is 60.6. The smallest absolute Gasteiger partial charge is 0.0794 e. The average Bonchev–Trinajstić information content (AvgIpc) is 1.66. The van der Waals surface area contributed by atoms with Crippen molar-refractivity contribution in [3.8, 4) is 56.1 Å². The number of thiophene rings is 3. The topological polar surface area (TPSA) is 35.6 Å². The normalized spacial score (nSPS) is 12.3. The van der Waals surface area contributed by atoms with E-state index in [9.17, 15) is 0 Å². The molecule has 430 valence electrons. The minimum absolute atomic E-state index is 0.961. The summed E-state index contributed by atoms with van der Waals surface area (Å²) >= 11 is 5.65. The zero-order valence-corrected chi connectivity index (χ0v) is 52.2. The van der Waals surface area contributed by atoms with Crippen LogP contribution in [0.3, 0.4) is 0 Å². The number of hydrogen-bond donors (Lipinski definition) is 0. The van der Waals surface area contributed by atoms with Gasteiger partial charge in [-0.1, -0.05) is 218 Å². The summed E-state index contributed by atoms with van der Waals surface area (Å²) < 4.78 is 12.7. The minimum atomic E-state index is 0.961. The molecule has 0 aliphatic rings. The van der Waals surface area contributed by atoms with E-state index in [0.29, 0.717) is 0 Å². The van der Waals surface area contributed by atoms with Gasteiger partial charge in [-0.25, -0.2) is 9.97 Å². The van der Waals surface area contributed by atoms with Crippen molar-refractivity contribution in [2.45, 2.75) is 0 Å². The SMILES string of the molecule is c1ccc(-n2c3ccccc3c3ccc4c5ccccc5n(-c5cccc(-c6nc7c(-c8ccc9sc%10c(ccc%11c(-c%12cccc(-c%13cccc%14c%13sc%13ccccc%13%14)c%12)nc%12ccccc%12c%11%10)c9c8)cccc7c7c6ccc6c8ccccc8sc67)c5)c4c32)cc1. The maximum atomic E-state index is 5.97. The molecule has 21 rings (SSSR count). The van der Waals surface area contributed by atoms with Crippen LogP contribution in [-0.4, -0.2) is 19.1 Å². The second-order valence-electron chi connectivity index (χ2n) is 24.6. The number of aromatic nitrogens is 4. The van der Waals surface area contributed by atoms with Gasteiger partial charge in [0.25, 0.3) is 0 Å². The Bertz CT molecular complexity index is 6820. The highest BCUT2D eigenvalue weighted by Gasteiger charge is 2.25. The van der Waals surface area contributed by atoms with Gasteiger partial charge in [-0.3, -0.25) is 0 Å². The van der Waals surface area contributed by atoms with Gasteiger partial charge < -0.3 is 9.13 Å². The molecule has 14 aromatic carbocycles. The van der Waals surface area contributed by atoms with Gasteiger partial charge in [0.2, 0.25) is 0 Å². The van der Waals surface area contributed by atoms with E-state index in [1.807, 2.05) is 34.0 Å². The molecular weight excluding hydrogens is 1190 g/mol. The largest absolute Gasteiger partial charge is 0.307 e. The van der Waals surface area contributed by atoms with Crippen molar-refractivity contribution in [1.82, 2.24) is 19.1 Å². The average molecular weight is 1230 g/mol. The van der Waals surface area contributed by atoms with E-state index in [1.54, 1.807) is 0 Å². The van der Waals surface area contributed by atoms with Gasteiger partial charge in [-0.05, 0) is 89.5 Å². The predicted octanol–water partition coefficient (Wildman–Crippen LogP) is 25.1. The third kappa shape index (κ3) is 7.41. The van der Waals surface area contributed by atoms with Crippen LogP contribution in [0.2, 0.25) is 0 Å². The highest BCUT2D eigenvalue weighted by molar-refractivity contribution is 7.27. The van der Waals surface area contributed by atoms with Crippen molar-refractivity contribution >= 4 is 181 Å². The van der Waals surface area contributed by atoms with Gasteiger partial charge in [0.1, 0.15) is 0 Å². The summed E-state index contributed by atoms with van der Waals surface area (Å²) in [6.45, 7) is 0. The van der Waals surface area contributed by atoms with E-state index in [1.165, 1.54) is 121 Å². The fourth-order valence-electron chi connectivity index (χ4n) is 15.6. The molecule has 0 amide bonds. The molecule has 0 atom stereocenters. The van der Waals surface area contributed by atoms with Crippen molar-refractivity contribution in [3.05, 3.63) is 291 Å². The van der Waals surface area contributed by atoms with E-state index >= 15 is 0 Å². The first-order chi connectivity index (χ1) is 46.1. The summed E-state index contributed by atoms with van der Waals surface area (Å²) in [5, 5.41) is 19.6. The highest BCUT2D eigenvalue weighted by atomic mass is 32.1. The molecule has 0 aliphatic carbocycles. The van der Waals surface area contributed by atoms with Gasteiger partial charge in [-0.2, -0.15) is 0 Å². The molecule has 0 fully saturated rings. The molecule has 7 heteroatoms. The molecule has 0 saturated heterocycles. The van der Waals surface area contributed by atoms with E-state index in [2.05, 4.69) is 300 Å². The van der Waals surface area contributed by atoms with Crippen molar-refractivity contribution in [1.29, 1.82) is 0 Å². The Morgan fingerprint density at radius 1 is 0.247 bits per heavy atom. The molecule has 4 nitrogen and oxygen atoms in total. The molecule has 0 spiro atoms. The first-order valence-electron chi connectivity index (χ1n) is 31.6. The number of nitrogens with zero attached hydrogens (tertiary/aromatic N) is 4. The van der Waals surface area contributed by atoms with Crippen LogP contribution in [0, 0.1) is 0 Å². The molecule has 0 radical (unpaired) electrons. The van der Waals surface area contributed by atoms with Crippen molar-refractivity contribution in [2.75, 3.05) is 0 Å². The van der Waals surface area contributed by atoms with Crippen molar-refractivity contribution in [2.24, 2.45) is 0 Å². The monoisotopic (exact) mass is 1230 g/mol. The van der Waals surface area contributed by atoms with Gasteiger partial charge >= 0.3 is 0 Å². The lowest BCUT2D eigenvalue weighted by atomic mass is 9.93. The fraction of sp³-hybridized carbons (Fsp3) is 0. The maximum Gasteiger partial charge on any atom is 0.0794 e. The second-order valence-corrected chi connectivity index (χ2v) is 27.7. The Labute approximate surface area is 544 Å². The molecule has 7 heterocycles. The number of hydrogen-bond acceptors (Lipinski definition) is 5. The molecule has 0 saturated carbocycles. The molecule has 93 heavy (non-hydrogen) atoms. The molecule has 21 aromatic rings. The Morgan fingerprint density at radius 3 is 1.43 bits per heavy atom. The lowest BCUT2D eigenvalue weighted by Crippen LogP contribution is -1.99. The summed E-state index contributed by atoms with van der Waals surface area (Å²) in [4.78, 5) is 11.5. The fourth-order valence-corrected chi connectivity index (χ4v) is 19.4. The van der Waals surface area contributed by atoms with Gasteiger partial charge in [0.15, 0.2) is 0 Å². The minimum Gasteiger partial charge on any atom is -0.307 e. The lowest BCUT2D eigenvalue weighted by Gasteiger charge is -2.16. The molecule has 0 unspecified atom stereocenters. The zero-order valence-electron chi connectivity index (χ0n) is 49.7. The number of para-hydroxylation sites is 5. The third-order valence-electron chi connectivity index (χ3n) is 19.7. The Hall–Kier alpha value is -11.3. The van der Waals surface area contributed by atoms with Crippen LogP contribution >= 0.6 is 34.0 Å². The van der Waals surface area contributed by atoms with Crippen molar-refractivity contribution < 1.29 is 0 Å². The Kier molecular flexibility index (Phi) is 10.8. The van der Waals surface area contributed by atoms with Crippen LogP contribution in [0.5, 0.6) is 0 Å². The quantitative estimate of drug-likeness (QED) is 0.156. The van der Waals surface area contributed by atoms with Gasteiger partial charge in [0, 0.05) is 142 Å². The van der Waals surface area contributed by atoms with Crippen LogP contribution < -0.4 is 0 Å². The maximum absolute atomic E-state index is 5.97. The predicted molar refractivity (Wildman–Crippen MR) is 401 cm³/mol. The summed E-state index contributed by atoms with van der Waals surface area (Å²) in [5.41, 5.74) is 17.7. The first kappa shape index (κ1) is 51.4. The van der Waals surface area contributed by atoms with E-state index in [4.69, 9.17) is 9.97 Å². The van der Waals surface area contributed by atoms with Crippen LogP contribution in [0.1, 0.15) is 0 Å². The van der Waals surface area contributed by atoms with Crippen LogP contribution in [0.25, 0.3) is 204 Å². The van der Waals surface area contributed by atoms with E-state index < -0.39 is 0 Å². The lowest BCUT2D eigenvalue weighted by molar-refractivity contribution is 1.15.